The second-order valence-corrected chi connectivity index (χ2v) is 7.08. The third-order valence-corrected chi connectivity index (χ3v) is 4.27. The normalized spacial score (nSPS) is 11.1. The van der Waals surface area contributed by atoms with E-state index < -0.39 is 11.8 Å². The molecule has 0 bridgehead atoms. The van der Waals surface area contributed by atoms with E-state index in [1.165, 1.54) is 0 Å². The molecule has 0 aliphatic heterocycles. The molecule has 0 atom stereocenters. The first kappa shape index (κ1) is 21.3. The van der Waals surface area contributed by atoms with Gasteiger partial charge in [0.05, 0.1) is 19.6 Å². The molecule has 0 spiro atoms. The second kappa shape index (κ2) is 8.33. The molecule has 0 saturated heterocycles. The largest absolute Gasteiger partial charge is 1.00 e. The van der Waals surface area contributed by atoms with Crippen LogP contribution in [-0.2, 0) is 4.79 Å². The summed E-state index contributed by atoms with van der Waals surface area (Å²) in [5.74, 6) is -1.45. The number of carbonyl (C=O) groups is 2. The van der Waals surface area contributed by atoms with Crippen molar-refractivity contribution < 1.29 is 36.7 Å². The molecule has 8 heteroatoms. The number of hydrogen-bond donors (Lipinski definition) is 3. The minimum atomic E-state index is -0.491. The summed E-state index contributed by atoms with van der Waals surface area (Å²) in [6.07, 6.45) is 0. The Balaban J connectivity index is 0.00000280. The van der Waals surface area contributed by atoms with Gasteiger partial charge in [-0.15, -0.1) is 0 Å². The van der Waals surface area contributed by atoms with Gasteiger partial charge in [0.2, 0.25) is 5.88 Å². The van der Waals surface area contributed by atoms with E-state index in [0.29, 0.717) is 16.6 Å². The van der Waals surface area contributed by atoms with Crippen LogP contribution in [0.15, 0.2) is 54.6 Å². The third kappa shape index (κ3) is 4.44. The maximum atomic E-state index is 12.8. The molecule has 0 aliphatic rings. The van der Waals surface area contributed by atoms with Gasteiger partial charge in [0.1, 0.15) is 0 Å². The molecular formula is C20H22ClN3O4. The summed E-state index contributed by atoms with van der Waals surface area (Å²) in [5.41, 5.74) is 1.11. The van der Waals surface area contributed by atoms with Crippen LogP contribution in [0.25, 0.3) is 10.9 Å². The first-order valence-electron chi connectivity index (χ1n) is 8.50. The standard InChI is InChI=1S/C20H21N3O4.ClH/c1-23(2,12-17(24)21-14-8-4-3-5-9-14)13-18(25)22-16-11-7-6-10-15(16)19(26)20(22)27;/h3-11H,12-13H2,1-2H3,(H2-,21,24,26,27);1H. The number of para-hydroxylation sites is 2. The molecule has 0 unspecified atom stereocenters. The molecule has 0 aliphatic carbocycles. The number of hydrogen-bond acceptors (Lipinski definition) is 4. The monoisotopic (exact) mass is 403 g/mol. The van der Waals surface area contributed by atoms with Crippen LogP contribution in [0, 0.1) is 0 Å². The van der Waals surface area contributed by atoms with E-state index in [2.05, 4.69) is 5.32 Å². The maximum Gasteiger partial charge on any atom is 0.289 e. The van der Waals surface area contributed by atoms with Gasteiger partial charge in [-0.25, -0.2) is 4.57 Å². The van der Waals surface area contributed by atoms with Crippen LogP contribution in [-0.4, -0.2) is 58.3 Å². The molecule has 148 valence electrons. The topological polar surface area (TPSA) is 91.6 Å². The van der Waals surface area contributed by atoms with Gasteiger partial charge in [-0.2, -0.15) is 0 Å². The Morgan fingerprint density at radius 1 is 0.964 bits per heavy atom. The Morgan fingerprint density at radius 2 is 1.57 bits per heavy atom. The quantitative estimate of drug-likeness (QED) is 0.497. The molecule has 0 fully saturated rings. The summed E-state index contributed by atoms with van der Waals surface area (Å²) < 4.78 is 1.17. The van der Waals surface area contributed by atoms with E-state index in [1.807, 2.05) is 18.2 Å². The number of quaternary nitrogens is 1. The van der Waals surface area contributed by atoms with Crippen LogP contribution < -0.4 is 17.7 Å². The molecule has 1 amide bonds. The zero-order chi connectivity index (χ0) is 19.6. The number of anilines is 1. The number of halogens is 1. The first-order chi connectivity index (χ1) is 12.8. The van der Waals surface area contributed by atoms with Crippen LogP contribution in [0.4, 0.5) is 5.69 Å². The van der Waals surface area contributed by atoms with Crippen molar-refractivity contribution in [1.82, 2.24) is 4.57 Å². The fourth-order valence-corrected chi connectivity index (χ4v) is 3.07. The zero-order valence-electron chi connectivity index (χ0n) is 15.6. The van der Waals surface area contributed by atoms with Crippen LogP contribution in [0.3, 0.4) is 0 Å². The van der Waals surface area contributed by atoms with Crippen molar-refractivity contribution >= 4 is 28.4 Å². The van der Waals surface area contributed by atoms with Gasteiger partial charge in [-0.1, -0.05) is 30.3 Å². The van der Waals surface area contributed by atoms with Gasteiger partial charge in [0.25, 0.3) is 11.8 Å². The molecular weight excluding hydrogens is 382 g/mol. The summed E-state index contributed by atoms with van der Waals surface area (Å²) in [6.45, 7) is 0.0421. The zero-order valence-corrected chi connectivity index (χ0v) is 16.3. The van der Waals surface area contributed by atoms with Gasteiger partial charge in [0, 0.05) is 11.1 Å². The maximum absolute atomic E-state index is 12.8. The minimum Gasteiger partial charge on any atom is -1.00 e. The van der Waals surface area contributed by atoms with E-state index >= 15 is 0 Å². The molecule has 3 N–H and O–H groups in total. The second-order valence-electron chi connectivity index (χ2n) is 7.08. The molecule has 0 saturated carbocycles. The van der Waals surface area contributed by atoms with Crippen molar-refractivity contribution in [2.75, 3.05) is 32.5 Å². The van der Waals surface area contributed by atoms with Crippen molar-refractivity contribution in [3.63, 3.8) is 0 Å². The number of benzene rings is 2. The Morgan fingerprint density at radius 3 is 2.25 bits per heavy atom. The molecule has 7 nitrogen and oxygen atoms in total. The minimum absolute atomic E-state index is 0. The molecule has 3 rings (SSSR count). The van der Waals surface area contributed by atoms with Crippen molar-refractivity contribution in [2.24, 2.45) is 0 Å². The van der Waals surface area contributed by atoms with Gasteiger partial charge >= 0.3 is 0 Å². The average molecular weight is 404 g/mol. The number of likely N-dealkylation sites (N-methyl/N-ethyl adjacent to an activating group) is 1. The van der Waals surface area contributed by atoms with Crippen molar-refractivity contribution in [1.29, 1.82) is 0 Å². The number of aromatic hydroxyl groups is 2. The van der Waals surface area contributed by atoms with E-state index in [0.717, 1.165) is 4.57 Å². The average Bonchev–Trinajstić information content (AvgIpc) is 2.86. The number of fused-ring (bicyclic) bond motifs is 1. The Labute approximate surface area is 168 Å². The molecule has 3 aromatic rings. The van der Waals surface area contributed by atoms with Gasteiger partial charge in [-0.3, -0.25) is 9.59 Å². The van der Waals surface area contributed by atoms with Crippen LogP contribution in [0.2, 0.25) is 0 Å². The number of rotatable bonds is 5. The van der Waals surface area contributed by atoms with Crippen LogP contribution in [0.5, 0.6) is 11.6 Å². The van der Waals surface area contributed by atoms with Crippen molar-refractivity contribution in [3.8, 4) is 11.6 Å². The molecule has 2 aromatic carbocycles. The number of nitrogens with zero attached hydrogens (tertiary/aromatic N) is 2. The number of nitrogens with one attached hydrogen (secondary N) is 1. The van der Waals surface area contributed by atoms with Crippen LogP contribution in [0.1, 0.15) is 4.79 Å². The first-order valence-corrected chi connectivity index (χ1v) is 8.50. The molecule has 0 radical (unpaired) electrons. The Hall–Kier alpha value is -3.03. The molecule has 1 heterocycles. The summed E-state index contributed by atoms with van der Waals surface area (Å²) in [5, 5.41) is 23.4. The summed E-state index contributed by atoms with van der Waals surface area (Å²) >= 11 is 0. The number of carbonyl (C=O) groups excluding carboxylic acids is 2. The lowest BCUT2D eigenvalue weighted by atomic mass is 10.2. The fraction of sp³-hybridized carbons (Fsp3) is 0.200. The SMILES string of the molecule is C[N+](C)(CC(=O)Nc1ccccc1)CC(=O)n1c(O)c(O)c2ccccc21.[Cl-]. The van der Waals surface area contributed by atoms with Crippen LogP contribution >= 0.6 is 0 Å². The van der Waals surface area contributed by atoms with Crippen molar-refractivity contribution in [3.05, 3.63) is 54.6 Å². The summed E-state index contributed by atoms with van der Waals surface area (Å²) in [4.78, 5) is 25.1. The lowest BCUT2D eigenvalue weighted by Crippen LogP contribution is -3.00. The highest BCUT2D eigenvalue weighted by Crippen LogP contribution is 2.37. The highest BCUT2D eigenvalue weighted by molar-refractivity contribution is 5.99. The lowest BCUT2D eigenvalue weighted by molar-refractivity contribution is -0.873. The van der Waals surface area contributed by atoms with Gasteiger partial charge in [-0.05, 0) is 24.3 Å². The Bertz CT molecular complexity index is 999. The number of aromatic nitrogens is 1. The van der Waals surface area contributed by atoms with E-state index in [4.69, 9.17) is 0 Å². The predicted molar refractivity (Wildman–Crippen MR) is 103 cm³/mol. The van der Waals surface area contributed by atoms with E-state index in [9.17, 15) is 19.8 Å². The number of amides is 1. The Kier molecular flexibility index (Phi) is 6.33. The fourth-order valence-electron chi connectivity index (χ4n) is 3.07. The lowest BCUT2D eigenvalue weighted by Gasteiger charge is -2.28. The van der Waals surface area contributed by atoms with Gasteiger partial charge in [0.15, 0.2) is 18.8 Å². The van der Waals surface area contributed by atoms with Gasteiger partial charge < -0.3 is 32.4 Å². The predicted octanol–water partition coefficient (Wildman–Crippen LogP) is -0.588. The third-order valence-electron chi connectivity index (χ3n) is 4.27. The summed E-state index contributed by atoms with van der Waals surface area (Å²) in [7, 11) is 3.51. The highest BCUT2D eigenvalue weighted by Gasteiger charge is 2.28. The smallest absolute Gasteiger partial charge is 0.289 e. The van der Waals surface area contributed by atoms with E-state index in [-0.39, 0.29) is 41.6 Å². The highest BCUT2D eigenvalue weighted by atomic mass is 35.5. The summed E-state index contributed by atoms with van der Waals surface area (Å²) in [6, 6.07) is 15.8. The molecule has 28 heavy (non-hydrogen) atoms. The van der Waals surface area contributed by atoms with Crippen molar-refractivity contribution in [2.45, 2.75) is 0 Å². The van der Waals surface area contributed by atoms with E-state index in [1.54, 1.807) is 50.5 Å². The molecule has 1 aromatic heterocycles.